The van der Waals surface area contributed by atoms with Crippen molar-refractivity contribution in [2.75, 3.05) is 56.5 Å². The summed E-state index contributed by atoms with van der Waals surface area (Å²) in [6, 6.07) is 8.18. The summed E-state index contributed by atoms with van der Waals surface area (Å²) in [5.74, 6) is 0.675. The van der Waals surface area contributed by atoms with E-state index in [1.807, 2.05) is 12.1 Å². The van der Waals surface area contributed by atoms with E-state index in [1.165, 1.54) is 5.69 Å². The van der Waals surface area contributed by atoms with E-state index >= 15 is 0 Å². The lowest BCUT2D eigenvalue weighted by atomic mass is 10.2. The smallest absolute Gasteiger partial charge is 0.225 e. The third-order valence-electron chi connectivity index (χ3n) is 4.10. The summed E-state index contributed by atoms with van der Waals surface area (Å²) < 4.78 is 0. The third kappa shape index (κ3) is 6.20. The molecule has 1 aromatic carbocycles. The highest BCUT2D eigenvalue weighted by atomic mass is 16.1. The maximum atomic E-state index is 11.9. The average Bonchev–Trinajstić information content (AvgIpc) is 2.53. The molecule has 1 heterocycles. The number of nitrogens with zero attached hydrogens (tertiary/aromatic N) is 2. The maximum absolute atomic E-state index is 11.9. The molecule has 1 aromatic rings. The highest BCUT2D eigenvalue weighted by Gasteiger charge is 2.14. The first kappa shape index (κ1) is 17.8. The number of likely N-dealkylation sites (N-methyl/N-ethyl adjacent to an activating group) is 1. The van der Waals surface area contributed by atoms with Gasteiger partial charge in [0.25, 0.3) is 0 Å². The van der Waals surface area contributed by atoms with E-state index in [2.05, 4.69) is 53.5 Å². The van der Waals surface area contributed by atoms with Crippen molar-refractivity contribution in [1.29, 1.82) is 0 Å². The van der Waals surface area contributed by atoms with Crippen molar-refractivity contribution in [3.05, 3.63) is 24.3 Å². The van der Waals surface area contributed by atoms with Gasteiger partial charge in [-0.1, -0.05) is 13.8 Å². The molecule has 23 heavy (non-hydrogen) atoms. The molecule has 0 bridgehead atoms. The van der Waals surface area contributed by atoms with Crippen LogP contribution in [0.1, 0.15) is 20.3 Å². The lowest BCUT2D eigenvalue weighted by Gasteiger charge is -2.34. The number of piperazine rings is 1. The lowest BCUT2D eigenvalue weighted by Crippen LogP contribution is -2.44. The number of benzene rings is 1. The Morgan fingerprint density at radius 2 is 1.78 bits per heavy atom. The van der Waals surface area contributed by atoms with E-state index in [4.69, 9.17) is 0 Å². The minimum Gasteiger partial charge on any atom is -0.369 e. The Kier molecular flexibility index (Phi) is 6.86. The number of nitrogens with one attached hydrogen (secondary N) is 2. The van der Waals surface area contributed by atoms with Crippen molar-refractivity contribution in [3.8, 4) is 0 Å². The number of anilines is 2. The van der Waals surface area contributed by atoms with Crippen molar-refractivity contribution in [3.63, 3.8) is 0 Å². The third-order valence-corrected chi connectivity index (χ3v) is 4.10. The van der Waals surface area contributed by atoms with E-state index in [0.29, 0.717) is 12.3 Å². The highest BCUT2D eigenvalue weighted by molar-refractivity contribution is 5.91. The maximum Gasteiger partial charge on any atom is 0.225 e. The lowest BCUT2D eigenvalue weighted by molar-refractivity contribution is -0.116. The van der Waals surface area contributed by atoms with Crippen LogP contribution in [-0.2, 0) is 4.79 Å². The van der Waals surface area contributed by atoms with Gasteiger partial charge in [-0.25, -0.2) is 0 Å². The van der Waals surface area contributed by atoms with Crippen LogP contribution >= 0.6 is 0 Å². The fraction of sp³-hybridized carbons (Fsp3) is 0.611. The summed E-state index contributed by atoms with van der Waals surface area (Å²) in [5, 5.41) is 6.25. The van der Waals surface area contributed by atoms with Gasteiger partial charge < -0.3 is 20.4 Å². The van der Waals surface area contributed by atoms with Crippen LogP contribution in [0.5, 0.6) is 0 Å². The molecule has 2 N–H and O–H groups in total. The second kappa shape index (κ2) is 8.89. The molecule has 1 aliphatic heterocycles. The Morgan fingerprint density at radius 3 is 2.39 bits per heavy atom. The van der Waals surface area contributed by atoms with Gasteiger partial charge in [0.05, 0.1) is 0 Å². The molecule has 1 aliphatic rings. The molecule has 5 heteroatoms. The average molecular weight is 318 g/mol. The molecule has 2 rings (SSSR count). The Morgan fingerprint density at radius 1 is 1.13 bits per heavy atom. The standard InChI is InChI=1S/C18H30N4O/c1-15(2)14-19-9-8-18(23)20-16-4-6-17(7-5-16)22-12-10-21(3)11-13-22/h4-7,15,19H,8-14H2,1-3H3,(H,20,23). The van der Waals surface area contributed by atoms with Gasteiger partial charge in [0, 0.05) is 50.5 Å². The molecule has 0 atom stereocenters. The minimum atomic E-state index is 0.0635. The summed E-state index contributed by atoms with van der Waals surface area (Å²) in [7, 11) is 2.16. The summed E-state index contributed by atoms with van der Waals surface area (Å²) >= 11 is 0. The van der Waals surface area contributed by atoms with Crippen LogP contribution < -0.4 is 15.5 Å². The van der Waals surface area contributed by atoms with Crippen LogP contribution in [0.25, 0.3) is 0 Å². The van der Waals surface area contributed by atoms with Crippen molar-refractivity contribution < 1.29 is 4.79 Å². The van der Waals surface area contributed by atoms with Crippen LogP contribution in [0, 0.1) is 5.92 Å². The van der Waals surface area contributed by atoms with Gasteiger partial charge in [0.1, 0.15) is 0 Å². The fourth-order valence-corrected chi connectivity index (χ4v) is 2.64. The predicted molar refractivity (Wildman–Crippen MR) is 97.1 cm³/mol. The monoisotopic (exact) mass is 318 g/mol. The quantitative estimate of drug-likeness (QED) is 0.755. The zero-order valence-electron chi connectivity index (χ0n) is 14.6. The van der Waals surface area contributed by atoms with Crippen LogP contribution in [0.4, 0.5) is 11.4 Å². The van der Waals surface area contributed by atoms with Gasteiger partial charge in [-0.2, -0.15) is 0 Å². The van der Waals surface area contributed by atoms with Gasteiger partial charge in [0.15, 0.2) is 0 Å². The Balaban J connectivity index is 1.75. The van der Waals surface area contributed by atoms with Gasteiger partial charge >= 0.3 is 0 Å². The highest BCUT2D eigenvalue weighted by Crippen LogP contribution is 2.19. The summed E-state index contributed by atoms with van der Waals surface area (Å²) in [6.07, 6.45) is 0.507. The first-order valence-electron chi connectivity index (χ1n) is 8.58. The van der Waals surface area contributed by atoms with Gasteiger partial charge in [0.2, 0.25) is 5.91 Å². The summed E-state index contributed by atoms with van der Waals surface area (Å²) in [6.45, 7) is 10.3. The zero-order chi connectivity index (χ0) is 16.7. The minimum absolute atomic E-state index is 0.0635. The van der Waals surface area contributed by atoms with Crippen molar-refractivity contribution in [1.82, 2.24) is 10.2 Å². The number of carbonyl (C=O) groups is 1. The molecule has 0 unspecified atom stereocenters. The van der Waals surface area contributed by atoms with E-state index in [0.717, 1.165) is 45.0 Å². The predicted octanol–water partition coefficient (Wildman–Crippen LogP) is 2.01. The number of hydrogen-bond donors (Lipinski definition) is 2. The molecule has 1 fully saturated rings. The van der Waals surface area contributed by atoms with E-state index in [-0.39, 0.29) is 5.91 Å². The largest absolute Gasteiger partial charge is 0.369 e. The molecule has 5 nitrogen and oxygen atoms in total. The molecule has 0 aromatic heterocycles. The molecular formula is C18H30N4O. The first-order chi connectivity index (χ1) is 11.0. The van der Waals surface area contributed by atoms with Crippen LogP contribution in [0.2, 0.25) is 0 Å². The SMILES string of the molecule is CC(C)CNCCC(=O)Nc1ccc(N2CCN(C)CC2)cc1. The van der Waals surface area contributed by atoms with E-state index in [9.17, 15) is 4.79 Å². The Bertz CT molecular complexity index is 478. The molecular weight excluding hydrogens is 288 g/mol. The summed E-state index contributed by atoms with van der Waals surface area (Å²) in [4.78, 5) is 16.6. The molecule has 128 valence electrons. The van der Waals surface area contributed by atoms with Crippen LogP contribution in [0.3, 0.4) is 0 Å². The number of rotatable bonds is 7. The molecule has 0 saturated carbocycles. The topological polar surface area (TPSA) is 47.6 Å². The molecule has 0 radical (unpaired) electrons. The molecule has 1 amide bonds. The van der Waals surface area contributed by atoms with Crippen LogP contribution in [-0.4, -0.2) is 57.1 Å². The molecule has 0 spiro atoms. The first-order valence-corrected chi connectivity index (χ1v) is 8.58. The second-order valence-electron chi connectivity index (χ2n) is 6.73. The van der Waals surface area contributed by atoms with Crippen LogP contribution in [0.15, 0.2) is 24.3 Å². The van der Waals surface area contributed by atoms with Gasteiger partial charge in [-0.3, -0.25) is 4.79 Å². The Hall–Kier alpha value is -1.59. The van der Waals surface area contributed by atoms with Crippen molar-refractivity contribution >= 4 is 17.3 Å². The normalized spacial score (nSPS) is 15.9. The van der Waals surface area contributed by atoms with Gasteiger partial charge in [-0.15, -0.1) is 0 Å². The second-order valence-corrected chi connectivity index (χ2v) is 6.73. The number of hydrogen-bond acceptors (Lipinski definition) is 4. The molecule has 1 saturated heterocycles. The summed E-state index contributed by atoms with van der Waals surface area (Å²) in [5.41, 5.74) is 2.10. The van der Waals surface area contributed by atoms with Gasteiger partial charge in [-0.05, 0) is 43.8 Å². The zero-order valence-corrected chi connectivity index (χ0v) is 14.6. The van der Waals surface area contributed by atoms with E-state index in [1.54, 1.807) is 0 Å². The fourth-order valence-electron chi connectivity index (χ4n) is 2.64. The number of carbonyl (C=O) groups excluding carboxylic acids is 1. The molecule has 0 aliphatic carbocycles. The van der Waals surface area contributed by atoms with Crippen molar-refractivity contribution in [2.24, 2.45) is 5.92 Å². The number of amides is 1. The van der Waals surface area contributed by atoms with Crippen molar-refractivity contribution in [2.45, 2.75) is 20.3 Å². The Labute approximate surface area is 140 Å². The van der Waals surface area contributed by atoms with E-state index < -0.39 is 0 Å².